The number of amides is 2. The molecule has 2 aromatic carbocycles. The molecule has 0 bridgehead atoms. The van der Waals surface area contributed by atoms with Crippen LogP contribution in [0.25, 0.3) is 5.69 Å². The molecule has 0 unspecified atom stereocenters. The van der Waals surface area contributed by atoms with Gasteiger partial charge in [0.15, 0.2) is 5.82 Å². The first kappa shape index (κ1) is 20.6. The number of aromatic nitrogens is 3. The Hall–Kier alpha value is -4.71. The maximum Gasteiger partial charge on any atom is 0.259 e. The second-order valence-electron chi connectivity index (χ2n) is 7.01. The summed E-state index contributed by atoms with van der Waals surface area (Å²) in [7, 11) is 0. The molecule has 0 fully saturated rings. The van der Waals surface area contributed by atoms with Crippen LogP contribution < -0.4 is 10.6 Å². The van der Waals surface area contributed by atoms with Crippen LogP contribution in [0.5, 0.6) is 0 Å². The van der Waals surface area contributed by atoms with Gasteiger partial charge in [-0.3, -0.25) is 9.59 Å². The molecule has 0 saturated heterocycles. The van der Waals surface area contributed by atoms with Gasteiger partial charge in [-0.15, -0.1) is 0 Å². The van der Waals surface area contributed by atoms with Crippen molar-refractivity contribution in [3.63, 3.8) is 0 Å². The molecule has 0 spiro atoms. The van der Waals surface area contributed by atoms with Gasteiger partial charge in [0.1, 0.15) is 12.3 Å². The summed E-state index contributed by atoms with van der Waals surface area (Å²) in [6, 6.07) is 15.7. The molecule has 158 valence electrons. The molecule has 0 atom stereocenters. The third-order valence-electron chi connectivity index (χ3n) is 4.93. The Morgan fingerprint density at radius 1 is 1.06 bits per heavy atom. The minimum Gasteiger partial charge on any atom is -0.363 e. The molecular formula is C23H18N6O3. The Morgan fingerprint density at radius 3 is 2.62 bits per heavy atom. The van der Waals surface area contributed by atoms with Crippen molar-refractivity contribution in [1.29, 1.82) is 5.26 Å². The number of carbonyl (C=O) groups is 2. The van der Waals surface area contributed by atoms with Crippen molar-refractivity contribution in [2.45, 2.75) is 13.8 Å². The van der Waals surface area contributed by atoms with Gasteiger partial charge in [0.05, 0.1) is 28.7 Å². The van der Waals surface area contributed by atoms with E-state index in [4.69, 9.17) is 4.52 Å². The highest BCUT2D eigenvalue weighted by atomic mass is 16.5. The van der Waals surface area contributed by atoms with E-state index in [-0.39, 0.29) is 11.8 Å². The van der Waals surface area contributed by atoms with Gasteiger partial charge in [-0.2, -0.15) is 10.4 Å². The Kier molecular flexibility index (Phi) is 5.51. The molecule has 4 aromatic rings. The van der Waals surface area contributed by atoms with E-state index in [2.05, 4.69) is 27.0 Å². The lowest BCUT2D eigenvalue weighted by Gasteiger charge is -2.11. The second-order valence-corrected chi connectivity index (χ2v) is 7.01. The van der Waals surface area contributed by atoms with Crippen LogP contribution >= 0.6 is 0 Å². The predicted octanol–water partition coefficient (Wildman–Crippen LogP) is 3.85. The van der Waals surface area contributed by atoms with E-state index in [1.54, 1.807) is 54.1 Å². The van der Waals surface area contributed by atoms with Crippen LogP contribution in [0.1, 0.15) is 37.5 Å². The fraction of sp³-hybridized carbons (Fsp3) is 0.0870. The average molecular weight is 426 g/mol. The third-order valence-corrected chi connectivity index (χ3v) is 4.93. The summed E-state index contributed by atoms with van der Waals surface area (Å²) >= 11 is 0. The second kappa shape index (κ2) is 8.57. The maximum absolute atomic E-state index is 13.0. The van der Waals surface area contributed by atoms with E-state index in [1.165, 1.54) is 18.5 Å². The zero-order valence-corrected chi connectivity index (χ0v) is 17.3. The van der Waals surface area contributed by atoms with Crippen molar-refractivity contribution >= 4 is 23.3 Å². The number of nitrogens with one attached hydrogen (secondary N) is 2. The van der Waals surface area contributed by atoms with Gasteiger partial charge in [-0.25, -0.2) is 4.68 Å². The number of para-hydroxylation sites is 1. The largest absolute Gasteiger partial charge is 0.363 e. The van der Waals surface area contributed by atoms with Crippen molar-refractivity contribution in [2.24, 2.45) is 0 Å². The number of hydrogen-bond donors (Lipinski definition) is 2. The first-order chi connectivity index (χ1) is 15.5. The highest BCUT2D eigenvalue weighted by Crippen LogP contribution is 2.22. The van der Waals surface area contributed by atoms with E-state index < -0.39 is 0 Å². The third kappa shape index (κ3) is 3.97. The normalized spacial score (nSPS) is 10.4. The Balaban J connectivity index is 1.58. The average Bonchev–Trinajstić information content (AvgIpc) is 3.44. The molecule has 2 N–H and O–H groups in total. The Labute approximate surface area is 183 Å². The quantitative estimate of drug-likeness (QED) is 0.499. The van der Waals surface area contributed by atoms with Crippen LogP contribution in [0.15, 0.2) is 65.5 Å². The Morgan fingerprint density at radius 2 is 1.88 bits per heavy atom. The molecule has 9 heteroatoms. The first-order valence-corrected chi connectivity index (χ1v) is 9.66. The smallest absolute Gasteiger partial charge is 0.259 e. The van der Waals surface area contributed by atoms with Crippen molar-refractivity contribution in [2.75, 3.05) is 10.6 Å². The number of aryl methyl sites for hydroxylation is 1. The van der Waals surface area contributed by atoms with Crippen molar-refractivity contribution < 1.29 is 14.1 Å². The molecule has 9 nitrogen and oxygen atoms in total. The predicted molar refractivity (Wildman–Crippen MR) is 117 cm³/mol. The zero-order valence-electron chi connectivity index (χ0n) is 17.3. The lowest BCUT2D eigenvalue weighted by Crippen LogP contribution is -2.16. The number of hydrogen-bond acceptors (Lipinski definition) is 6. The fourth-order valence-corrected chi connectivity index (χ4v) is 3.18. The topological polar surface area (TPSA) is 126 Å². The van der Waals surface area contributed by atoms with Gasteiger partial charge < -0.3 is 15.2 Å². The number of nitriles is 1. The van der Waals surface area contributed by atoms with E-state index in [1.807, 2.05) is 6.92 Å². The Bertz CT molecular complexity index is 1350. The number of rotatable bonds is 5. The fourth-order valence-electron chi connectivity index (χ4n) is 3.18. The number of benzene rings is 2. The molecule has 2 amide bonds. The summed E-state index contributed by atoms with van der Waals surface area (Å²) in [5.41, 5.74) is 3.62. The minimum absolute atomic E-state index is 0.293. The van der Waals surface area contributed by atoms with Crippen LogP contribution in [-0.2, 0) is 0 Å². The summed E-state index contributed by atoms with van der Waals surface area (Å²) in [5, 5.41) is 22.8. The molecule has 2 heterocycles. The van der Waals surface area contributed by atoms with Crippen molar-refractivity contribution in [3.8, 4) is 11.8 Å². The summed E-state index contributed by atoms with van der Waals surface area (Å²) in [4.78, 5) is 25.4. The van der Waals surface area contributed by atoms with E-state index in [0.29, 0.717) is 39.6 Å². The van der Waals surface area contributed by atoms with Crippen LogP contribution in [0.3, 0.4) is 0 Å². The van der Waals surface area contributed by atoms with Crippen molar-refractivity contribution in [1.82, 2.24) is 14.9 Å². The van der Waals surface area contributed by atoms with Gasteiger partial charge in [0.25, 0.3) is 11.8 Å². The first-order valence-electron chi connectivity index (χ1n) is 9.66. The summed E-state index contributed by atoms with van der Waals surface area (Å²) in [6.45, 7) is 3.58. The minimum atomic E-state index is -0.383. The molecule has 32 heavy (non-hydrogen) atoms. The van der Waals surface area contributed by atoms with E-state index in [0.717, 1.165) is 5.56 Å². The molecule has 0 aliphatic heterocycles. The van der Waals surface area contributed by atoms with E-state index >= 15 is 0 Å². The van der Waals surface area contributed by atoms with Crippen LogP contribution in [0.2, 0.25) is 0 Å². The van der Waals surface area contributed by atoms with Gasteiger partial charge in [-0.05, 0) is 43.7 Å². The highest BCUT2D eigenvalue weighted by Gasteiger charge is 2.18. The van der Waals surface area contributed by atoms with E-state index in [9.17, 15) is 14.9 Å². The highest BCUT2D eigenvalue weighted by molar-refractivity contribution is 6.08. The number of carbonyl (C=O) groups excluding carboxylic acids is 2. The van der Waals surface area contributed by atoms with Crippen LogP contribution in [-0.4, -0.2) is 26.8 Å². The molecule has 4 rings (SSSR count). The number of anilines is 2. The summed E-state index contributed by atoms with van der Waals surface area (Å²) < 4.78 is 6.27. The molecule has 0 radical (unpaired) electrons. The monoisotopic (exact) mass is 426 g/mol. The summed E-state index contributed by atoms with van der Waals surface area (Å²) in [6.07, 6.45) is 2.81. The SMILES string of the molecule is Cc1ccc(C(=O)Nc2ccon2)cc1NC(=O)c1cnn(-c2ccccc2C#N)c1C. The zero-order chi connectivity index (χ0) is 22.7. The van der Waals surface area contributed by atoms with Crippen LogP contribution in [0.4, 0.5) is 11.5 Å². The molecule has 0 saturated carbocycles. The van der Waals surface area contributed by atoms with Gasteiger partial charge >= 0.3 is 0 Å². The number of nitrogens with zero attached hydrogens (tertiary/aromatic N) is 4. The molecule has 2 aromatic heterocycles. The molecular weight excluding hydrogens is 408 g/mol. The molecule has 0 aliphatic carbocycles. The standard InChI is InChI=1S/C23H18N6O3/c1-14-7-8-16(22(30)27-21-9-10-32-28-21)11-19(14)26-23(31)18-13-25-29(15(18)2)20-6-4-3-5-17(20)12-24/h3-11,13H,1-2H3,(H,26,31)(H,27,28,30). The van der Waals surface area contributed by atoms with Crippen LogP contribution in [0, 0.1) is 25.2 Å². The van der Waals surface area contributed by atoms with Gasteiger partial charge in [0, 0.05) is 17.3 Å². The molecule has 0 aliphatic rings. The van der Waals surface area contributed by atoms with Gasteiger partial charge in [0.2, 0.25) is 0 Å². The lowest BCUT2D eigenvalue weighted by atomic mass is 10.1. The summed E-state index contributed by atoms with van der Waals surface area (Å²) in [5.74, 6) is -0.464. The van der Waals surface area contributed by atoms with Gasteiger partial charge in [-0.1, -0.05) is 23.4 Å². The lowest BCUT2D eigenvalue weighted by molar-refractivity contribution is 0.101. The maximum atomic E-state index is 13.0. The van der Waals surface area contributed by atoms with Crippen molar-refractivity contribution in [3.05, 3.63) is 88.9 Å².